The number of nitrogens with zero attached hydrogens (tertiary/aromatic N) is 3. The van der Waals surface area contributed by atoms with Crippen molar-refractivity contribution in [3.05, 3.63) is 0 Å². The highest BCUT2D eigenvalue weighted by atomic mass is 32.2. The Labute approximate surface area is 149 Å². The molecule has 1 saturated heterocycles. The lowest BCUT2D eigenvalue weighted by atomic mass is 10.2. The van der Waals surface area contributed by atoms with E-state index in [9.17, 15) is 9.59 Å². The number of anilines is 1. The molecule has 132 valence electrons. The van der Waals surface area contributed by atoms with Crippen LogP contribution < -0.4 is 10.2 Å². The first-order valence-electron chi connectivity index (χ1n) is 8.34. The maximum atomic E-state index is 12.1. The van der Waals surface area contributed by atoms with E-state index in [1.165, 1.54) is 23.1 Å². The van der Waals surface area contributed by atoms with E-state index in [-0.39, 0.29) is 24.0 Å². The Kier molecular flexibility index (Phi) is 6.07. The Hall–Kier alpha value is -1.19. The number of carbonyl (C=O) groups is 2. The van der Waals surface area contributed by atoms with Crippen LogP contribution in [-0.2, 0) is 14.3 Å². The molecule has 9 heteroatoms. The zero-order chi connectivity index (χ0) is 16.9. The number of aromatic nitrogens is 2. The lowest BCUT2D eigenvalue weighted by Gasteiger charge is -2.17. The van der Waals surface area contributed by atoms with Crippen LogP contribution in [0, 0.1) is 0 Å². The highest BCUT2D eigenvalue weighted by Gasteiger charge is 2.35. The minimum absolute atomic E-state index is 0.0315. The molecule has 1 saturated carbocycles. The Bertz CT molecular complexity index is 585. The van der Waals surface area contributed by atoms with Crippen LogP contribution in [0.25, 0.3) is 0 Å². The predicted octanol–water partition coefficient (Wildman–Crippen LogP) is 1.83. The zero-order valence-electron chi connectivity index (χ0n) is 13.7. The molecule has 7 nitrogen and oxygen atoms in total. The summed E-state index contributed by atoms with van der Waals surface area (Å²) < 4.78 is 6.19. The first kappa shape index (κ1) is 17.6. The van der Waals surface area contributed by atoms with Crippen molar-refractivity contribution in [2.24, 2.45) is 0 Å². The van der Waals surface area contributed by atoms with Crippen LogP contribution in [-0.4, -0.2) is 53.1 Å². The number of nitrogens with one attached hydrogen (secondary N) is 1. The summed E-state index contributed by atoms with van der Waals surface area (Å²) in [6.45, 7) is 3.21. The number of hydrogen-bond donors (Lipinski definition) is 1. The quantitative estimate of drug-likeness (QED) is 0.555. The molecule has 1 N–H and O–H groups in total. The lowest BCUT2D eigenvalue weighted by molar-refractivity contribution is -0.119. The van der Waals surface area contributed by atoms with Crippen molar-refractivity contribution in [2.75, 3.05) is 23.8 Å². The molecule has 2 heterocycles. The molecule has 2 amide bonds. The standard InChI is InChI=1S/C15H22N4O3S2/c1-2-13(21)19(10-5-6-10)14-17-18-15(24-14)23-9-12(20)16-8-11-4-3-7-22-11/h10-11H,2-9H2,1H3,(H,16,20)/t11-/m1/s1. The second-order valence-corrected chi connectivity index (χ2v) is 8.11. The number of thioether (sulfide) groups is 1. The highest BCUT2D eigenvalue weighted by Crippen LogP contribution is 2.36. The predicted molar refractivity (Wildman–Crippen MR) is 93.4 cm³/mol. The molecule has 2 aliphatic rings. The molecular formula is C15H22N4O3S2. The number of ether oxygens (including phenoxy) is 1. The second kappa shape index (κ2) is 8.26. The molecule has 0 radical (unpaired) electrons. The molecule has 0 unspecified atom stereocenters. The van der Waals surface area contributed by atoms with Gasteiger partial charge < -0.3 is 10.1 Å². The Morgan fingerprint density at radius 3 is 2.88 bits per heavy atom. The van der Waals surface area contributed by atoms with E-state index >= 15 is 0 Å². The van der Waals surface area contributed by atoms with Gasteiger partial charge in [0, 0.05) is 25.6 Å². The summed E-state index contributed by atoms with van der Waals surface area (Å²) in [7, 11) is 0. The molecule has 0 aromatic carbocycles. The zero-order valence-corrected chi connectivity index (χ0v) is 15.3. The van der Waals surface area contributed by atoms with Crippen molar-refractivity contribution in [2.45, 2.75) is 55.5 Å². The molecule has 1 aliphatic heterocycles. The minimum Gasteiger partial charge on any atom is -0.376 e. The smallest absolute Gasteiger partial charge is 0.230 e. The van der Waals surface area contributed by atoms with Crippen molar-refractivity contribution >= 4 is 40.0 Å². The Morgan fingerprint density at radius 2 is 2.21 bits per heavy atom. The maximum Gasteiger partial charge on any atom is 0.230 e. The van der Waals surface area contributed by atoms with Gasteiger partial charge in [0.15, 0.2) is 4.34 Å². The first-order valence-corrected chi connectivity index (χ1v) is 10.1. The van der Waals surface area contributed by atoms with E-state index < -0.39 is 0 Å². The Morgan fingerprint density at radius 1 is 1.38 bits per heavy atom. The van der Waals surface area contributed by atoms with E-state index in [2.05, 4.69) is 15.5 Å². The second-order valence-electron chi connectivity index (χ2n) is 5.93. The monoisotopic (exact) mass is 370 g/mol. The fourth-order valence-electron chi connectivity index (χ4n) is 2.54. The molecule has 0 bridgehead atoms. The van der Waals surface area contributed by atoms with Gasteiger partial charge in [-0.2, -0.15) is 0 Å². The van der Waals surface area contributed by atoms with Crippen LogP contribution in [0.2, 0.25) is 0 Å². The topological polar surface area (TPSA) is 84.4 Å². The molecule has 24 heavy (non-hydrogen) atoms. The van der Waals surface area contributed by atoms with Gasteiger partial charge in [-0.1, -0.05) is 30.0 Å². The van der Waals surface area contributed by atoms with Gasteiger partial charge in [-0.25, -0.2) is 0 Å². The highest BCUT2D eigenvalue weighted by molar-refractivity contribution is 8.01. The van der Waals surface area contributed by atoms with Gasteiger partial charge in [-0.15, -0.1) is 10.2 Å². The molecular weight excluding hydrogens is 348 g/mol. The third-order valence-corrected chi connectivity index (χ3v) is 6.02. The van der Waals surface area contributed by atoms with Crippen LogP contribution in [0.5, 0.6) is 0 Å². The molecule has 1 aliphatic carbocycles. The van der Waals surface area contributed by atoms with Crippen molar-refractivity contribution in [3.8, 4) is 0 Å². The molecule has 0 spiro atoms. The number of carbonyl (C=O) groups excluding carboxylic acids is 2. The van der Waals surface area contributed by atoms with E-state index in [4.69, 9.17) is 4.74 Å². The summed E-state index contributed by atoms with van der Waals surface area (Å²) in [6, 6.07) is 0.276. The van der Waals surface area contributed by atoms with Crippen LogP contribution in [0.4, 0.5) is 5.13 Å². The van der Waals surface area contributed by atoms with E-state index in [1.54, 1.807) is 4.90 Å². The third-order valence-electron chi connectivity index (χ3n) is 3.96. The normalized spacial score (nSPS) is 20.1. The third kappa shape index (κ3) is 4.67. The summed E-state index contributed by atoms with van der Waals surface area (Å²) in [5.41, 5.74) is 0. The van der Waals surface area contributed by atoms with Gasteiger partial charge >= 0.3 is 0 Å². The minimum atomic E-state index is -0.0315. The first-order chi connectivity index (χ1) is 11.7. The van der Waals surface area contributed by atoms with Gasteiger partial charge in [-0.05, 0) is 25.7 Å². The van der Waals surface area contributed by atoms with E-state index in [0.717, 1.165) is 32.3 Å². The van der Waals surface area contributed by atoms with Crippen LogP contribution in [0.15, 0.2) is 4.34 Å². The van der Waals surface area contributed by atoms with Crippen molar-refractivity contribution < 1.29 is 14.3 Å². The average Bonchev–Trinajstić information content (AvgIpc) is 3.09. The van der Waals surface area contributed by atoms with E-state index in [0.29, 0.717) is 28.2 Å². The molecule has 2 fully saturated rings. The number of amides is 2. The Balaban J connectivity index is 1.46. The molecule has 1 aromatic heterocycles. The van der Waals surface area contributed by atoms with Gasteiger partial charge in [0.25, 0.3) is 0 Å². The van der Waals surface area contributed by atoms with E-state index in [1.807, 2.05) is 6.92 Å². The van der Waals surface area contributed by atoms with Crippen molar-refractivity contribution in [1.82, 2.24) is 15.5 Å². The summed E-state index contributed by atoms with van der Waals surface area (Å²) >= 11 is 2.73. The SMILES string of the molecule is CCC(=O)N(c1nnc(SCC(=O)NC[C@H]2CCCO2)s1)C1CC1. The summed E-state index contributed by atoms with van der Waals surface area (Å²) in [6.07, 6.45) is 4.74. The van der Waals surface area contributed by atoms with Crippen LogP contribution in [0.1, 0.15) is 39.0 Å². The van der Waals surface area contributed by atoms with Crippen molar-refractivity contribution in [1.29, 1.82) is 0 Å². The molecule has 1 aromatic rings. The largest absolute Gasteiger partial charge is 0.376 e. The maximum absolute atomic E-state index is 12.1. The average molecular weight is 371 g/mol. The summed E-state index contributed by atoms with van der Waals surface area (Å²) in [5, 5.41) is 11.8. The summed E-state index contributed by atoms with van der Waals surface area (Å²) in [4.78, 5) is 25.7. The van der Waals surface area contributed by atoms with Crippen molar-refractivity contribution in [3.63, 3.8) is 0 Å². The van der Waals surface area contributed by atoms with Gasteiger partial charge in [0.05, 0.1) is 11.9 Å². The van der Waals surface area contributed by atoms with Gasteiger partial charge in [0.2, 0.25) is 16.9 Å². The van der Waals surface area contributed by atoms with Crippen LogP contribution in [0.3, 0.4) is 0 Å². The van der Waals surface area contributed by atoms with Gasteiger partial charge in [0.1, 0.15) is 0 Å². The summed E-state index contributed by atoms with van der Waals surface area (Å²) in [5.74, 6) is 0.349. The lowest BCUT2D eigenvalue weighted by Crippen LogP contribution is -2.32. The van der Waals surface area contributed by atoms with Gasteiger partial charge in [-0.3, -0.25) is 14.5 Å². The molecule has 3 rings (SSSR count). The van der Waals surface area contributed by atoms with Crippen LogP contribution >= 0.6 is 23.1 Å². The fourth-order valence-corrected chi connectivity index (χ4v) is 4.30. The molecule has 1 atom stereocenters. The number of rotatable bonds is 8. The number of hydrogen-bond acceptors (Lipinski definition) is 7. The fraction of sp³-hybridized carbons (Fsp3) is 0.733.